The van der Waals surface area contributed by atoms with E-state index in [1.165, 1.54) is 0 Å². The Morgan fingerprint density at radius 1 is 1.35 bits per heavy atom. The minimum Gasteiger partial charge on any atom is -0.394 e. The number of anilines is 2. The first-order chi connectivity index (χ1) is 7.86. The summed E-state index contributed by atoms with van der Waals surface area (Å²) >= 11 is 5.42. The van der Waals surface area contributed by atoms with Gasteiger partial charge in [-0.15, -0.1) is 0 Å². The molecule has 1 aromatic rings. The zero-order chi connectivity index (χ0) is 13.1. The van der Waals surface area contributed by atoms with Crippen LogP contribution in [0.3, 0.4) is 0 Å². The Balaban J connectivity index is 3.02. The van der Waals surface area contributed by atoms with Crippen LogP contribution in [0.5, 0.6) is 0 Å². The van der Waals surface area contributed by atoms with Crippen LogP contribution in [0, 0.1) is 0 Å². The first-order valence-corrected chi connectivity index (χ1v) is 5.38. The summed E-state index contributed by atoms with van der Waals surface area (Å²) in [6.45, 7) is 2.43. The van der Waals surface area contributed by atoms with E-state index >= 15 is 0 Å². The van der Waals surface area contributed by atoms with Crippen molar-refractivity contribution in [2.45, 2.75) is 25.9 Å². The lowest BCUT2D eigenvalue weighted by Crippen LogP contribution is -2.16. The predicted molar refractivity (Wildman–Crippen MR) is 59.9 cm³/mol. The second-order valence-electron chi connectivity index (χ2n) is 3.38. The van der Waals surface area contributed by atoms with Gasteiger partial charge in [0.05, 0.1) is 0 Å². The van der Waals surface area contributed by atoms with Crippen LogP contribution in [0.1, 0.15) is 25.5 Å². The minimum absolute atomic E-state index is 0.0780. The number of rotatable bonds is 4. The first-order valence-electron chi connectivity index (χ1n) is 5.00. The van der Waals surface area contributed by atoms with Gasteiger partial charge in [-0.1, -0.05) is 13.3 Å². The predicted octanol–water partition coefficient (Wildman–Crippen LogP) is 2.94. The van der Waals surface area contributed by atoms with Crippen molar-refractivity contribution in [1.82, 2.24) is 9.97 Å². The molecule has 96 valence electrons. The number of alkyl halides is 3. The monoisotopic (exact) mass is 268 g/mol. The Hall–Kier alpha value is -1.24. The summed E-state index contributed by atoms with van der Waals surface area (Å²) in [5, 5.41) is 2.23. The molecule has 0 aromatic carbocycles. The highest BCUT2D eigenvalue weighted by Crippen LogP contribution is 2.35. The van der Waals surface area contributed by atoms with Gasteiger partial charge in [0, 0.05) is 6.54 Å². The number of nitrogens with zero attached hydrogens (tertiary/aromatic N) is 2. The summed E-state index contributed by atoms with van der Waals surface area (Å²) in [6, 6.07) is 0. The van der Waals surface area contributed by atoms with Gasteiger partial charge in [-0.3, -0.25) is 0 Å². The molecule has 0 spiro atoms. The molecule has 0 fully saturated rings. The lowest BCUT2D eigenvalue weighted by Gasteiger charge is -2.13. The standard InChI is InChI=1S/C9H12ClF3N4/c1-2-3-4-15-7-5(14)6(9(11,12)13)16-8(10)17-7/h2-4,14H2,1H3,(H,15,16,17). The van der Waals surface area contributed by atoms with E-state index in [1.54, 1.807) is 0 Å². The molecule has 0 atom stereocenters. The SMILES string of the molecule is CCCCNc1nc(Cl)nc(C(F)(F)F)c1N. The molecule has 17 heavy (non-hydrogen) atoms. The van der Waals surface area contributed by atoms with Gasteiger partial charge in [0.15, 0.2) is 11.5 Å². The second-order valence-corrected chi connectivity index (χ2v) is 3.72. The van der Waals surface area contributed by atoms with Crippen LogP contribution in [0.15, 0.2) is 0 Å². The number of aromatic nitrogens is 2. The van der Waals surface area contributed by atoms with Crippen molar-refractivity contribution < 1.29 is 13.2 Å². The fraction of sp³-hybridized carbons (Fsp3) is 0.556. The van der Waals surface area contributed by atoms with Gasteiger partial charge in [0.2, 0.25) is 5.28 Å². The number of hydrogen-bond donors (Lipinski definition) is 2. The van der Waals surface area contributed by atoms with Gasteiger partial charge in [-0.25, -0.2) is 4.98 Å². The van der Waals surface area contributed by atoms with E-state index in [0.29, 0.717) is 6.54 Å². The third-order valence-corrected chi connectivity index (χ3v) is 2.18. The third-order valence-electron chi connectivity index (χ3n) is 2.01. The van der Waals surface area contributed by atoms with Crippen molar-refractivity contribution in [2.24, 2.45) is 0 Å². The van der Waals surface area contributed by atoms with Gasteiger partial charge in [0.25, 0.3) is 0 Å². The largest absolute Gasteiger partial charge is 0.435 e. The van der Waals surface area contributed by atoms with E-state index in [-0.39, 0.29) is 5.82 Å². The summed E-state index contributed by atoms with van der Waals surface area (Å²) in [5.74, 6) is -0.0780. The second kappa shape index (κ2) is 5.39. The first kappa shape index (κ1) is 13.8. The molecule has 0 radical (unpaired) electrons. The Labute approximate surface area is 101 Å². The van der Waals surface area contributed by atoms with Gasteiger partial charge in [-0.2, -0.15) is 18.2 Å². The van der Waals surface area contributed by atoms with Gasteiger partial charge in [0.1, 0.15) is 5.69 Å². The van der Waals surface area contributed by atoms with Crippen LogP contribution in [0.25, 0.3) is 0 Å². The molecular formula is C9H12ClF3N4. The Kier molecular flexibility index (Phi) is 4.39. The zero-order valence-electron chi connectivity index (χ0n) is 9.10. The smallest absolute Gasteiger partial charge is 0.394 e. The number of hydrogen-bond acceptors (Lipinski definition) is 4. The van der Waals surface area contributed by atoms with Crippen LogP contribution < -0.4 is 11.1 Å². The fourth-order valence-corrected chi connectivity index (χ4v) is 1.35. The van der Waals surface area contributed by atoms with E-state index < -0.39 is 22.8 Å². The van der Waals surface area contributed by atoms with E-state index in [0.717, 1.165) is 12.8 Å². The molecule has 1 rings (SSSR count). The zero-order valence-corrected chi connectivity index (χ0v) is 9.86. The molecule has 0 amide bonds. The van der Waals surface area contributed by atoms with Crippen molar-refractivity contribution in [3.05, 3.63) is 11.0 Å². The Morgan fingerprint density at radius 2 is 2.00 bits per heavy atom. The van der Waals surface area contributed by atoms with E-state index in [1.807, 2.05) is 6.92 Å². The molecule has 0 unspecified atom stereocenters. The maximum Gasteiger partial charge on any atom is 0.435 e. The van der Waals surface area contributed by atoms with Crippen LogP contribution in [0.2, 0.25) is 5.28 Å². The highest BCUT2D eigenvalue weighted by Gasteiger charge is 2.37. The third kappa shape index (κ3) is 3.62. The number of nitrogens with one attached hydrogen (secondary N) is 1. The lowest BCUT2D eigenvalue weighted by molar-refractivity contribution is -0.140. The van der Waals surface area contributed by atoms with Crippen LogP contribution in [-0.4, -0.2) is 16.5 Å². The van der Waals surface area contributed by atoms with Crippen molar-refractivity contribution in [3.8, 4) is 0 Å². The van der Waals surface area contributed by atoms with Gasteiger partial charge >= 0.3 is 6.18 Å². The molecule has 0 aliphatic heterocycles. The number of halogens is 4. The van der Waals surface area contributed by atoms with Gasteiger partial charge < -0.3 is 11.1 Å². The molecule has 0 aliphatic rings. The molecule has 1 aromatic heterocycles. The fourth-order valence-electron chi connectivity index (χ4n) is 1.18. The quantitative estimate of drug-likeness (QED) is 0.651. The molecule has 3 N–H and O–H groups in total. The average Bonchev–Trinajstić information content (AvgIpc) is 2.21. The molecule has 4 nitrogen and oxygen atoms in total. The van der Waals surface area contributed by atoms with E-state index in [4.69, 9.17) is 17.3 Å². The van der Waals surface area contributed by atoms with Crippen molar-refractivity contribution in [3.63, 3.8) is 0 Å². The van der Waals surface area contributed by atoms with E-state index in [2.05, 4.69) is 15.3 Å². The highest BCUT2D eigenvalue weighted by molar-refractivity contribution is 6.28. The van der Waals surface area contributed by atoms with Crippen molar-refractivity contribution in [1.29, 1.82) is 0 Å². The Bertz CT molecular complexity index is 395. The molecule has 0 aliphatic carbocycles. The summed E-state index contributed by atoms with van der Waals surface area (Å²) in [6.07, 6.45) is -2.95. The topological polar surface area (TPSA) is 63.8 Å². The molecule has 0 bridgehead atoms. The normalized spacial score (nSPS) is 11.6. The summed E-state index contributed by atoms with van der Waals surface area (Å²) in [4.78, 5) is 6.73. The van der Waals surface area contributed by atoms with Gasteiger partial charge in [-0.05, 0) is 18.0 Å². The molecule has 1 heterocycles. The molecule has 8 heteroatoms. The molecular weight excluding hydrogens is 257 g/mol. The molecule has 0 saturated heterocycles. The number of nitrogen functional groups attached to an aromatic ring is 1. The van der Waals surface area contributed by atoms with Crippen LogP contribution in [-0.2, 0) is 6.18 Å². The van der Waals surface area contributed by atoms with Crippen molar-refractivity contribution in [2.75, 3.05) is 17.6 Å². The summed E-state index contributed by atoms with van der Waals surface area (Å²) in [5.41, 5.74) is 3.61. The number of unbranched alkanes of at least 4 members (excludes halogenated alkanes) is 1. The average molecular weight is 269 g/mol. The van der Waals surface area contributed by atoms with Crippen LogP contribution >= 0.6 is 11.6 Å². The van der Waals surface area contributed by atoms with Crippen LogP contribution in [0.4, 0.5) is 24.7 Å². The Morgan fingerprint density at radius 3 is 2.53 bits per heavy atom. The minimum atomic E-state index is -4.64. The van der Waals surface area contributed by atoms with E-state index in [9.17, 15) is 13.2 Å². The number of nitrogens with two attached hydrogens (primary N) is 1. The summed E-state index contributed by atoms with van der Waals surface area (Å²) < 4.78 is 37.6. The van der Waals surface area contributed by atoms with Crippen molar-refractivity contribution >= 4 is 23.1 Å². The maximum atomic E-state index is 12.5. The summed E-state index contributed by atoms with van der Waals surface area (Å²) in [7, 11) is 0. The maximum absolute atomic E-state index is 12.5. The highest BCUT2D eigenvalue weighted by atomic mass is 35.5. The lowest BCUT2D eigenvalue weighted by atomic mass is 10.3. The molecule has 0 saturated carbocycles.